The number of rotatable bonds is 2. The molecule has 6 heteroatoms. The second kappa shape index (κ2) is 7.65. The number of nitrogens with two attached hydrogens (primary N) is 1. The van der Waals surface area contributed by atoms with E-state index in [1.807, 2.05) is 35.2 Å². The molecule has 1 aliphatic heterocycles. The van der Waals surface area contributed by atoms with Gasteiger partial charge in [-0.05, 0) is 44.9 Å². The molecule has 6 nitrogen and oxygen atoms in total. The average molecular weight is 407 g/mol. The van der Waals surface area contributed by atoms with E-state index in [9.17, 15) is 9.59 Å². The van der Waals surface area contributed by atoms with E-state index in [-0.39, 0.29) is 28.8 Å². The summed E-state index contributed by atoms with van der Waals surface area (Å²) in [5.74, 6) is 1.02. The molecule has 1 amide bonds. The molecule has 1 saturated carbocycles. The van der Waals surface area contributed by atoms with Gasteiger partial charge in [0.1, 0.15) is 5.82 Å². The Morgan fingerprint density at radius 2 is 1.90 bits per heavy atom. The van der Waals surface area contributed by atoms with Crippen LogP contribution in [0.1, 0.15) is 56.2 Å². The molecule has 2 aromatic rings. The number of aromatic nitrogens is 2. The van der Waals surface area contributed by atoms with Gasteiger partial charge in [-0.3, -0.25) is 9.59 Å². The molecular weight excluding hydrogens is 376 g/mol. The van der Waals surface area contributed by atoms with Gasteiger partial charge in [0.05, 0.1) is 5.69 Å². The minimum Gasteiger partial charge on any atom is -0.342 e. The molecule has 0 radical (unpaired) electrons. The highest BCUT2D eigenvalue weighted by Crippen LogP contribution is 2.45. The van der Waals surface area contributed by atoms with Crippen LogP contribution in [0.2, 0.25) is 0 Å². The van der Waals surface area contributed by atoms with E-state index in [0.29, 0.717) is 5.82 Å². The predicted molar refractivity (Wildman–Crippen MR) is 116 cm³/mol. The van der Waals surface area contributed by atoms with Gasteiger partial charge in [0.15, 0.2) is 0 Å². The molecule has 158 valence electrons. The first kappa shape index (κ1) is 19.5. The fourth-order valence-electron chi connectivity index (χ4n) is 5.74. The smallest absolute Gasteiger partial charge is 0.254 e. The molecule has 5 rings (SSSR count). The minimum atomic E-state index is -0.0765. The summed E-state index contributed by atoms with van der Waals surface area (Å²) in [4.78, 5) is 35.8. The van der Waals surface area contributed by atoms with Crippen molar-refractivity contribution in [3.8, 4) is 11.4 Å². The van der Waals surface area contributed by atoms with E-state index in [4.69, 9.17) is 10.7 Å². The van der Waals surface area contributed by atoms with Crippen molar-refractivity contribution in [3.63, 3.8) is 0 Å². The quantitative estimate of drug-likeness (QED) is 0.802. The zero-order chi connectivity index (χ0) is 20.7. The maximum atomic E-state index is 13.0. The van der Waals surface area contributed by atoms with E-state index in [0.717, 1.165) is 81.3 Å². The second-order valence-corrected chi connectivity index (χ2v) is 9.34. The van der Waals surface area contributed by atoms with E-state index in [1.54, 1.807) is 0 Å². The van der Waals surface area contributed by atoms with Crippen LogP contribution in [0.25, 0.3) is 11.4 Å². The van der Waals surface area contributed by atoms with E-state index in [2.05, 4.69) is 4.98 Å². The van der Waals surface area contributed by atoms with Gasteiger partial charge in [-0.2, -0.15) is 0 Å². The summed E-state index contributed by atoms with van der Waals surface area (Å²) < 4.78 is 0. The number of carbonyl (C=O) groups is 1. The van der Waals surface area contributed by atoms with E-state index < -0.39 is 0 Å². The first-order valence-corrected chi connectivity index (χ1v) is 11.3. The van der Waals surface area contributed by atoms with Crippen molar-refractivity contribution >= 4 is 5.91 Å². The Labute approximate surface area is 176 Å². The van der Waals surface area contributed by atoms with Crippen molar-refractivity contribution in [1.82, 2.24) is 14.9 Å². The van der Waals surface area contributed by atoms with Crippen LogP contribution in [0, 0.1) is 5.92 Å². The normalized spacial score (nSPS) is 25.3. The number of hydrogen-bond acceptors (Lipinski definition) is 4. The lowest BCUT2D eigenvalue weighted by molar-refractivity contribution is -0.138. The summed E-state index contributed by atoms with van der Waals surface area (Å²) in [5, 5.41) is 0. The number of fused-ring (bicyclic) bond motifs is 2. The largest absolute Gasteiger partial charge is 0.342 e. The number of piperidine rings is 1. The molecule has 1 spiro atoms. The molecule has 0 unspecified atom stereocenters. The molecule has 0 bridgehead atoms. The predicted octanol–water partition coefficient (Wildman–Crippen LogP) is 2.76. The zero-order valence-corrected chi connectivity index (χ0v) is 17.4. The third-order valence-electron chi connectivity index (χ3n) is 7.51. The number of carbonyl (C=O) groups excluding carboxylic acids is 1. The van der Waals surface area contributed by atoms with Gasteiger partial charge in [-0.15, -0.1) is 0 Å². The molecule has 2 aliphatic carbocycles. The van der Waals surface area contributed by atoms with Crippen LogP contribution >= 0.6 is 0 Å². The highest BCUT2D eigenvalue weighted by molar-refractivity contribution is 5.79. The molecule has 3 aliphatic rings. The Hall–Kier alpha value is -2.47. The Kier molecular flexibility index (Phi) is 4.97. The number of aromatic amines is 1. The fourth-order valence-corrected chi connectivity index (χ4v) is 5.74. The number of hydrogen-bond donors (Lipinski definition) is 2. The van der Waals surface area contributed by atoms with Crippen molar-refractivity contribution in [2.24, 2.45) is 11.7 Å². The van der Waals surface area contributed by atoms with Gasteiger partial charge in [0.2, 0.25) is 5.91 Å². The summed E-state index contributed by atoms with van der Waals surface area (Å²) in [7, 11) is 0. The van der Waals surface area contributed by atoms with Crippen LogP contribution in [-0.2, 0) is 16.6 Å². The maximum Gasteiger partial charge on any atom is 0.254 e. The fraction of sp³-hybridized carbons (Fsp3) is 0.542. The minimum absolute atomic E-state index is 0.00886. The van der Waals surface area contributed by atoms with Gasteiger partial charge < -0.3 is 15.6 Å². The van der Waals surface area contributed by atoms with Crippen LogP contribution in [0.3, 0.4) is 0 Å². The standard InChI is InChI=1S/C24H30N4O2/c25-18-8-4-7-17(15-18)23(30)28-13-11-24(12-14-28)10-9-19-20(24)26-21(27-22(19)29)16-5-2-1-3-6-16/h1-3,5-6,17-18H,4,7-15,25H2,(H,26,27,29)/t17-,18+/m1/s1. The number of benzene rings is 1. The van der Waals surface area contributed by atoms with Gasteiger partial charge in [0.25, 0.3) is 5.56 Å². The summed E-state index contributed by atoms with van der Waals surface area (Å²) >= 11 is 0. The molecule has 2 atom stereocenters. The molecular formula is C24H30N4O2. The molecule has 30 heavy (non-hydrogen) atoms. The Bertz CT molecular complexity index is 992. The van der Waals surface area contributed by atoms with Gasteiger partial charge in [0, 0.05) is 41.6 Å². The first-order valence-electron chi connectivity index (χ1n) is 11.3. The summed E-state index contributed by atoms with van der Waals surface area (Å²) in [6, 6.07) is 9.99. The van der Waals surface area contributed by atoms with Crippen molar-refractivity contribution < 1.29 is 4.79 Å². The monoisotopic (exact) mass is 406 g/mol. The SMILES string of the molecule is N[C@H]1CCC[C@@H](C(=O)N2CCC3(CCc4c3nc(-c3ccccc3)[nH]c4=O)CC2)C1. The Balaban J connectivity index is 1.37. The van der Waals surface area contributed by atoms with E-state index >= 15 is 0 Å². The zero-order valence-electron chi connectivity index (χ0n) is 17.4. The Morgan fingerprint density at radius 3 is 2.63 bits per heavy atom. The molecule has 2 heterocycles. The molecule has 2 fully saturated rings. The first-order chi connectivity index (χ1) is 14.6. The number of nitrogens with zero attached hydrogens (tertiary/aromatic N) is 2. The van der Waals surface area contributed by atoms with Gasteiger partial charge in [-0.25, -0.2) is 4.98 Å². The molecule has 1 saturated heterocycles. The molecule has 3 N–H and O–H groups in total. The van der Waals surface area contributed by atoms with E-state index in [1.165, 1.54) is 0 Å². The second-order valence-electron chi connectivity index (χ2n) is 9.34. The van der Waals surface area contributed by atoms with Crippen molar-refractivity contribution in [3.05, 3.63) is 51.9 Å². The third-order valence-corrected chi connectivity index (χ3v) is 7.51. The lowest BCUT2D eigenvalue weighted by Crippen LogP contribution is -2.48. The highest BCUT2D eigenvalue weighted by Gasteiger charge is 2.45. The summed E-state index contributed by atoms with van der Waals surface area (Å²) in [6.45, 7) is 1.50. The summed E-state index contributed by atoms with van der Waals surface area (Å²) in [5.41, 5.74) is 8.76. The van der Waals surface area contributed by atoms with Crippen LogP contribution < -0.4 is 11.3 Å². The topological polar surface area (TPSA) is 92.1 Å². The van der Waals surface area contributed by atoms with Crippen LogP contribution in [-0.4, -0.2) is 39.9 Å². The van der Waals surface area contributed by atoms with Crippen LogP contribution in [0.5, 0.6) is 0 Å². The Morgan fingerprint density at radius 1 is 1.13 bits per heavy atom. The van der Waals surface area contributed by atoms with Crippen molar-refractivity contribution in [2.75, 3.05) is 13.1 Å². The lowest BCUT2D eigenvalue weighted by atomic mass is 9.75. The summed E-state index contributed by atoms with van der Waals surface area (Å²) in [6.07, 6.45) is 7.37. The average Bonchev–Trinajstić information content (AvgIpc) is 3.13. The maximum absolute atomic E-state index is 13.0. The van der Waals surface area contributed by atoms with Gasteiger partial charge in [-0.1, -0.05) is 36.8 Å². The van der Waals surface area contributed by atoms with Crippen molar-refractivity contribution in [1.29, 1.82) is 0 Å². The van der Waals surface area contributed by atoms with Gasteiger partial charge >= 0.3 is 0 Å². The van der Waals surface area contributed by atoms with Crippen molar-refractivity contribution in [2.45, 2.75) is 62.8 Å². The number of likely N-dealkylation sites (tertiary alicyclic amines) is 1. The van der Waals surface area contributed by atoms with Crippen LogP contribution in [0.4, 0.5) is 0 Å². The number of nitrogens with one attached hydrogen (secondary N) is 1. The molecule has 1 aromatic heterocycles. The molecule has 1 aromatic carbocycles. The third kappa shape index (κ3) is 3.37. The number of H-pyrrole nitrogens is 1. The lowest BCUT2D eigenvalue weighted by Gasteiger charge is -2.41. The van der Waals surface area contributed by atoms with Crippen LogP contribution in [0.15, 0.2) is 35.1 Å². The number of amides is 1. The highest BCUT2D eigenvalue weighted by atomic mass is 16.2.